The van der Waals surface area contributed by atoms with Crippen LogP contribution in [-0.4, -0.2) is 43.9 Å². The Morgan fingerprint density at radius 1 is 1.60 bits per heavy atom. The molecule has 4 atom stereocenters. The van der Waals surface area contributed by atoms with Crippen molar-refractivity contribution in [1.29, 1.82) is 0 Å². The maximum atomic E-state index is 12.3. The second kappa shape index (κ2) is 6.58. The molecule has 1 saturated heterocycles. The molecule has 11 heteroatoms. The number of H-pyrrole nitrogens is 1. The van der Waals surface area contributed by atoms with Crippen LogP contribution in [0.3, 0.4) is 0 Å². The number of fused-ring (bicyclic) bond motifs is 1. The zero-order valence-corrected chi connectivity index (χ0v) is 14.4. The van der Waals surface area contributed by atoms with Crippen molar-refractivity contribution in [3.63, 3.8) is 0 Å². The highest BCUT2D eigenvalue weighted by Crippen LogP contribution is 2.33. The molecule has 0 aromatic carbocycles. The molecule has 4 N–H and O–H groups in total. The Morgan fingerprint density at radius 3 is 2.96 bits per heavy atom. The molecule has 25 heavy (non-hydrogen) atoms. The number of nitrogens with zero attached hydrogens (tertiary/aromatic N) is 2. The molecule has 0 amide bonds. The summed E-state index contributed by atoms with van der Waals surface area (Å²) < 4.78 is 12.2. The molecular formula is C14H18N4O6S. The molecule has 0 spiro atoms. The fourth-order valence-corrected chi connectivity index (χ4v) is 3.80. The highest BCUT2D eigenvalue weighted by atomic mass is 32.1. The van der Waals surface area contributed by atoms with Gasteiger partial charge in [0.15, 0.2) is 11.9 Å². The predicted octanol–water partition coefficient (Wildman–Crippen LogP) is -0.281. The third-order valence-electron chi connectivity index (χ3n) is 4.00. The number of nitrogens with two attached hydrogens (primary N) is 1. The van der Waals surface area contributed by atoms with Crippen LogP contribution in [0.5, 0.6) is 0 Å². The van der Waals surface area contributed by atoms with Gasteiger partial charge in [0.2, 0.25) is 5.95 Å². The van der Waals surface area contributed by atoms with Crippen molar-refractivity contribution in [1.82, 2.24) is 14.5 Å². The van der Waals surface area contributed by atoms with Crippen LogP contribution in [0.25, 0.3) is 10.3 Å². The lowest BCUT2D eigenvalue weighted by atomic mass is 10.1. The number of carbonyl (C=O) groups is 1. The monoisotopic (exact) mass is 370 g/mol. The Labute approximate surface area is 145 Å². The van der Waals surface area contributed by atoms with Crippen LogP contribution in [0, 0.1) is 0 Å². The van der Waals surface area contributed by atoms with Gasteiger partial charge in [-0.2, -0.15) is 4.98 Å². The highest BCUT2D eigenvalue weighted by Gasteiger charge is 2.41. The zero-order chi connectivity index (χ0) is 18.3. The van der Waals surface area contributed by atoms with E-state index in [4.69, 9.17) is 15.2 Å². The molecule has 0 unspecified atom stereocenters. The van der Waals surface area contributed by atoms with Gasteiger partial charge in [0.1, 0.15) is 16.9 Å². The summed E-state index contributed by atoms with van der Waals surface area (Å²) >= 11 is 0.698. The van der Waals surface area contributed by atoms with E-state index < -0.39 is 40.9 Å². The summed E-state index contributed by atoms with van der Waals surface area (Å²) in [7, 11) is 0. The van der Waals surface area contributed by atoms with E-state index in [1.807, 2.05) is 6.92 Å². The van der Waals surface area contributed by atoms with E-state index in [-0.39, 0.29) is 22.7 Å². The van der Waals surface area contributed by atoms with Crippen molar-refractivity contribution in [2.24, 2.45) is 0 Å². The number of anilines is 1. The first-order chi connectivity index (χ1) is 11.8. The minimum atomic E-state index is -1.04. The van der Waals surface area contributed by atoms with Crippen LogP contribution in [0.4, 0.5) is 5.95 Å². The number of aliphatic hydroxyl groups excluding tert-OH is 1. The number of hydrogen-bond donors (Lipinski definition) is 3. The third kappa shape index (κ3) is 3.17. The average Bonchev–Trinajstić information content (AvgIpc) is 3.04. The summed E-state index contributed by atoms with van der Waals surface area (Å²) in [6, 6.07) is 0. The SMILES string of the molecule is CC[C@H](OC(C)=O)[C@@H]1C[C@@H](O)[C@H](n2c(=O)sc3c(=O)[nH]c(N)nc32)O1. The molecule has 136 valence electrons. The molecule has 2 aromatic rings. The van der Waals surface area contributed by atoms with Gasteiger partial charge in [-0.05, 0) is 6.42 Å². The van der Waals surface area contributed by atoms with Gasteiger partial charge in [-0.1, -0.05) is 18.3 Å². The number of ether oxygens (including phenoxy) is 2. The van der Waals surface area contributed by atoms with Gasteiger partial charge in [-0.25, -0.2) is 0 Å². The van der Waals surface area contributed by atoms with E-state index in [9.17, 15) is 19.5 Å². The molecule has 0 aliphatic carbocycles. The van der Waals surface area contributed by atoms with E-state index in [2.05, 4.69) is 9.97 Å². The predicted molar refractivity (Wildman–Crippen MR) is 89.3 cm³/mol. The van der Waals surface area contributed by atoms with Crippen molar-refractivity contribution < 1.29 is 19.4 Å². The zero-order valence-electron chi connectivity index (χ0n) is 13.6. The lowest BCUT2D eigenvalue weighted by molar-refractivity contribution is -0.156. The van der Waals surface area contributed by atoms with Crippen LogP contribution in [0.1, 0.15) is 32.9 Å². The van der Waals surface area contributed by atoms with Gasteiger partial charge in [0, 0.05) is 13.3 Å². The van der Waals surface area contributed by atoms with Crippen molar-refractivity contribution >= 4 is 33.6 Å². The average molecular weight is 370 g/mol. The van der Waals surface area contributed by atoms with Crippen LogP contribution in [-0.2, 0) is 14.3 Å². The lowest BCUT2D eigenvalue weighted by Gasteiger charge is -2.22. The first kappa shape index (κ1) is 17.6. The fourth-order valence-electron chi connectivity index (χ4n) is 2.96. The van der Waals surface area contributed by atoms with Crippen molar-refractivity contribution in [2.45, 2.75) is 51.2 Å². The summed E-state index contributed by atoms with van der Waals surface area (Å²) in [6.07, 6.45) is -2.50. The molecule has 2 aromatic heterocycles. The maximum absolute atomic E-state index is 12.3. The van der Waals surface area contributed by atoms with Crippen molar-refractivity contribution in [2.75, 3.05) is 5.73 Å². The molecule has 3 heterocycles. The number of nitrogen functional groups attached to an aromatic ring is 1. The Morgan fingerprint density at radius 2 is 2.32 bits per heavy atom. The van der Waals surface area contributed by atoms with Crippen LogP contribution >= 0.6 is 11.3 Å². The maximum Gasteiger partial charge on any atom is 0.311 e. The van der Waals surface area contributed by atoms with E-state index in [0.717, 1.165) is 4.57 Å². The number of rotatable bonds is 4. The summed E-state index contributed by atoms with van der Waals surface area (Å²) in [5.74, 6) is -0.591. The van der Waals surface area contributed by atoms with E-state index in [0.29, 0.717) is 17.8 Å². The fraction of sp³-hybridized carbons (Fsp3) is 0.571. The summed E-state index contributed by atoms with van der Waals surface area (Å²) in [6.45, 7) is 3.12. The summed E-state index contributed by atoms with van der Waals surface area (Å²) in [5, 5.41) is 10.4. The number of carbonyl (C=O) groups excluding carboxylic acids is 1. The van der Waals surface area contributed by atoms with Gasteiger partial charge in [0.25, 0.3) is 5.56 Å². The minimum Gasteiger partial charge on any atom is -0.460 e. The largest absolute Gasteiger partial charge is 0.460 e. The quantitative estimate of drug-likeness (QED) is 0.622. The molecule has 10 nitrogen and oxygen atoms in total. The van der Waals surface area contributed by atoms with Crippen LogP contribution < -0.4 is 16.2 Å². The summed E-state index contributed by atoms with van der Waals surface area (Å²) in [4.78, 5) is 41.3. The topological polar surface area (TPSA) is 150 Å². The number of aliphatic hydroxyl groups is 1. The first-order valence-electron chi connectivity index (χ1n) is 7.73. The Hall–Kier alpha value is -2.24. The van der Waals surface area contributed by atoms with E-state index in [1.165, 1.54) is 6.92 Å². The van der Waals surface area contributed by atoms with Crippen LogP contribution in [0.2, 0.25) is 0 Å². The Bertz CT molecular complexity index is 918. The normalized spacial score (nSPS) is 24.5. The highest BCUT2D eigenvalue weighted by molar-refractivity contribution is 7.16. The standard InChI is InChI=1S/C14H18N4O6S/c1-3-7(23-5(2)19)8-4-6(20)12(24-8)18-10-9(25-14(18)22)11(21)17-13(15)16-10/h6-8,12,20H,3-4H2,1-2H3,(H3,15,16,17,21)/t6-,7+,8+,12-/m1/s1. The third-order valence-corrected chi connectivity index (χ3v) is 4.94. The number of thiazole rings is 1. The summed E-state index contributed by atoms with van der Waals surface area (Å²) in [5.41, 5.74) is 5.08. The van der Waals surface area contributed by atoms with Gasteiger partial charge in [-0.15, -0.1) is 0 Å². The second-order valence-corrected chi connectivity index (χ2v) is 6.73. The number of nitrogens with one attached hydrogen (secondary N) is 1. The molecule has 0 saturated carbocycles. The molecule has 1 aliphatic rings. The van der Waals surface area contributed by atoms with Crippen LogP contribution in [0.15, 0.2) is 9.59 Å². The molecule has 3 rings (SSSR count). The molecule has 1 aliphatic heterocycles. The molecule has 1 fully saturated rings. The lowest BCUT2D eigenvalue weighted by Crippen LogP contribution is -2.31. The number of aromatic nitrogens is 3. The Kier molecular flexibility index (Phi) is 4.62. The van der Waals surface area contributed by atoms with Gasteiger partial charge >= 0.3 is 10.8 Å². The van der Waals surface area contributed by atoms with Gasteiger partial charge < -0.3 is 20.3 Å². The number of hydrogen-bond acceptors (Lipinski definition) is 9. The molecule has 0 bridgehead atoms. The van der Waals surface area contributed by atoms with Gasteiger partial charge in [-0.3, -0.25) is 23.9 Å². The van der Waals surface area contributed by atoms with E-state index in [1.54, 1.807) is 0 Å². The Balaban J connectivity index is 1.99. The van der Waals surface area contributed by atoms with Crippen molar-refractivity contribution in [3.8, 4) is 0 Å². The molecular weight excluding hydrogens is 352 g/mol. The van der Waals surface area contributed by atoms with Gasteiger partial charge in [0.05, 0.1) is 6.10 Å². The number of aromatic amines is 1. The minimum absolute atomic E-state index is 0.0569. The van der Waals surface area contributed by atoms with E-state index >= 15 is 0 Å². The van der Waals surface area contributed by atoms with Crippen molar-refractivity contribution in [3.05, 3.63) is 20.0 Å². The first-order valence-corrected chi connectivity index (χ1v) is 8.55. The second-order valence-electron chi connectivity index (χ2n) is 5.77. The molecule has 0 radical (unpaired) electrons. The smallest absolute Gasteiger partial charge is 0.311 e. The number of esters is 1.